The molecule has 0 spiro atoms. The molecule has 1 aromatic heterocycles. The lowest BCUT2D eigenvalue weighted by molar-refractivity contribution is -0.175. The van der Waals surface area contributed by atoms with E-state index in [2.05, 4.69) is 9.88 Å². The zero-order valence-electron chi connectivity index (χ0n) is 18.4. The van der Waals surface area contributed by atoms with Crippen LogP contribution in [0.4, 0.5) is 0 Å². The maximum atomic E-state index is 13.2. The van der Waals surface area contributed by atoms with Crippen LogP contribution in [0.2, 0.25) is 0 Å². The first-order valence-electron chi connectivity index (χ1n) is 11.1. The molecule has 33 heavy (non-hydrogen) atoms. The summed E-state index contributed by atoms with van der Waals surface area (Å²) in [7, 11) is 1.33. The van der Waals surface area contributed by atoms with Gasteiger partial charge in [-0.2, -0.15) is 0 Å². The number of carbonyl (C=O) groups is 2. The normalized spacial score (nSPS) is 26.9. The van der Waals surface area contributed by atoms with E-state index in [0.29, 0.717) is 24.5 Å². The van der Waals surface area contributed by atoms with Crippen LogP contribution in [0.3, 0.4) is 0 Å². The van der Waals surface area contributed by atoms with Gasteiger partial charge in [0.2, 0.25) is 11.5 Å². The van der Waals surface area contributed by atoms with E-state index in [-0.39, 0.29) is 35.6 Å². The third-order valence-electron chi connectivity index (χ3n) is 6.57. The monoisotopic (exact) mass is 450 g/mol. The van der Waals surface area contributed by atoms with Crippen LogP contribution in [0.15, 0.2) is 60.8 Å². The third-order valence-corrected chi connectivity index (χ3v) is 6.57. The average molecular weight is 450 g/mol. The van der Waals surface area contributed by atoms with Gasteiger partial charge in [0.1, 0.15) is 18.1 Å². The molecule has 172 valence electrons. The molecule has 5 rings (SSSR count). The predicted molar refractivity (Wildman–Crippen MR) is 117 cm³/mol. The smallest absolute Gasteiger partial charge is 0.337 e. The summed E-state index contributed by atoms with van der Waals surface area (Å²) >= 11 is 0. The van der Waals surface area contributed by atoms with Crippen molar-refractivity contribution in [3.05, 3.63) is 71.9 Å². The van der Waals surface area contributed by atoms with E-state index in [9.17, 15) is 9.59 Å². The van der Waals surface area contributed by atoms with Gasteiger partial charge in [-0.3, -0.25) is 14.7 Å². The number of nitrogens with zero attached hydrogens (tertiary/aromatic N) is 2. The molecular formula is C25H26N2O6. The molecule has 1 saturated heterocycles. The highest BCUT2D eigenvalue weighted by Crippen LogP contribution is 2.40. The van der Waals surface area contributed by atoms with E-state index >= 15 is 0 Å². The Balaban J connectivity index is 1.26. The Morgan fingerprint density at radius 3 is 2.70 bits per heavy atom. The molecule has 1 aliphatic carbocycles. The van der Waals surface area contributed by atoms with Crippen LogP contribution >= 0.6 is 0 Å². The molecule has 3 aliphatic rings. The SMILES string of the molecule is COC(=O)c1ccc(OC2=COC3C(CCC4OCN(Cc5ccncc5)CC43)C2=O)cc1. The second kappa shape index (κ2) is 9.33. The Morgan fingerprint density at radius 2 is 1.94 bits per heavy atom. The van der Waals surface area contributed by atoms with Crippen molar-refractivity contribution in [2.24, 2.45) is 11.8 Å². The summed E-state index contributed by atoms with van der Waals surface area (Å²) in [6.07, 6.45) is 6.40. The van der Waals surface area contributed by atoms with Crippen molar-refractivity contribution in [3.63, 3.8) is 0 Å². The Morgan fingerprint density at radius 1 is 1.15 bits per heavy atom. The van der Waals surface area contributed by atoms with E-state index in [1.165, 1.54) is 18.9 Å². The summed E-state index contributed by atoms with van der Waals surface area (Å²) in [6, 6.07) is 10.5. The van der Waals surface area contributed by atoms with Gasteiger partial charge < -0.3 is 18.9 Å². The Labute approximate surface area is 192 Å². The van der Waals surface area contributed by atoms with Gasteiger partial charge in [0.25, 0.3) is 0 Å². The quantitative estimate of drug-likeness (QED) is 0.643. The highest BCUT2D eigenvalue weighted by atomic mass is 16.5. The van der Waals surface area contributed by atoms with Crippen molar-refractivity contribution in [1.82, 2.24) is 9.88 Å². The minimum absolute atomic E-state index is 0.0481. The minimum Gasteiger partial charge on any atom is -0.493 e. The number of allylic oxidation sites excluding steroid dienone is 1. The number of ether oxygens (including phenoxy) is 4. The number of benzene rings is 1. The van der Waals surface area contributed by atoms with Crippen LogP contribution in [-0.2, 0) is 25.5 Å². The fraction of sp³-hybridized carbons (Fsp3) is 0.400. The first kappa shape index (κ1) is 21.6. The standard InChI is InChI=1S/C25H26N2O6/c1-30-25(29)17-2-4-18(5-3-17)33-22-14-31-24-19(23(22)28)6-7-21-20(24)13-27(15-32-21)12-16-8-10-26-11-9-16/h2-5,8-11,14,19-21,24H,6-7,12-13,15H2,1H3. The van der Waals surface area contributed by atoms with Gasteiger partial charge in [-0.15, -0.1) is 0 Å². The maximum Gasteiger partial charge on any atom is 0.337 e. The van der Waals surface area contributed by atoms with Crippen LogP contribution in [0, 0.1) is 11.8 Å². The number of methoxy groups -OCH3 is 1. The van der Waals surface area contributed by atoms with Crippen molar-refractivity contribution in [3.8, 4) is 5.75 Å². The molecule has 8 heteroatoms. The van der Waals surface area contributed by atoms with Gasteiger partial charge in [-0.25, -0.2) is 4.79 Å². The van der Waals surface area contributed by atoms with Crippen molar-refractivity contribution < 1.29 is 28.5 Å². The summed E-state index contributed by atoms with van der Waals surface area (Å²) in [6.45, 7) is 2.14. The zero-order valence-corrected chi connectivity index (χ0v) is 18.4. The highest BCUT2D eigenvalue weighted by molar-refractivity contribution is 5.96. The van der Waals surface area contributed by atoms with Gasteiger partial charge in [-0.05, 0) is 54.8 Å². The lowest BCUT2D eigenvalue weighted by Crippen LogP contribution is -2.56. The molecule has 0 N–H and O–H groups in total. The first-order chi connectivity index (χ1) is 16.1. The second-order valence-electron chi connectivity index (χ2n) is 8.61. The highest BCUT2D eigenvalue weighted by Gasteiger charge is 2.49. The third kappa shape index (κ3) is 4.49. The van der Waals surface area contributed by atoms with E-state index in [0.717, 1.165) is 19.5 Å². The molecule has 2 aromatic rings. The number of hydrogen-bond acceptors (Lipinski definition) is 8. The molecule has 4 unspecified atom stereocenters. The number of rotatable bonds is 5. The molecule has 2 fully saturated rings. The van der Waals surface area contributed by atoms with E-state index in [1.807, 2.05) is 12.1 Å². The molecule has 3 heterocycles. The maximum absolute atomic E-state index is 13.2. The lowest BCUT2D eigenvalue weighted by atomic mass is 9.73. The van der Waals surface area contributed by atoms with Gasteiger partial charge in [0, 0.05) is 31.4 Å². The molecule has 0 bridgehead atoms. The number of ketones is 1. The number of fused-ring (bicyclic) bond motifs is 3. The summed E-state index contributed by atoms with van der Waals surface area (Å²) < 4.78 is 22.7. The number of pyridine rings is 1. The molecular weight excluding hydrogens is 424 g/mol. The molecule has 0 radical (unpaired) electrons. The molecule has 1 saturated carbocycles. The van der Waals surface area contributed by atoms with Crippen molar-refractivity contribution in [2.75, 3.05) is 20.4 Å². The number of Topliss-reactive ketones (excluding diaryl/α,β-unsaturated/α-hetero) is 1. The lowest BCUT2D eigenvalue weighted by Gasteiger charge is -2.48. The fourth-order valence-corrected chi connectivity index (χ4v) is 4.90. The molecule has 0 amide bonds. The predicted octanol–water partition coefficient (Wildman–Crippen LogP) is 2.94. The average Bonchev–Trinajstić information content (AvgIpc) is 2.86. The van der Waals surface area contributed by atoms with Gasteiger partial charge in [0.05, 0.1) is 31.4 Å². The van der Waals surface area contributed by atoms with E-state index < -0.39 is 5.97 Å². The number of esters is 1. The summed E-state index contributed by atoms with van der Waals surface area (Å²) in [4.78, 5) is 31.1. The van der Waals surface area contributed by atoms with Crippen LogP contribution < -0.4 is 4.74 Å². The number of hydrogen-bond donors (Lipinski definition) is 0. The van der Waals surface area contributed by atoms with Crippen molar-refractivity contribution in [1.29, 1.82) is 0 Å². The van der Waals surface area contributed by atoms with Crippen LogP contribution in [-0.4, -0.2) is 54.2 Å². The largest absolute Gasteiger partial charge is 0.493 e. The first-order valence-corrected chi connectivity index (χ1v) is 11.1. The summed E-state index contributed by atoms with van der Waals surface area (Å²) in [5, 5.41) is 0. The Hall–Kier alpha value is -3.23. The van der Waals surface area contributed by atoms with Crippen LogP contribution in [0.25, 0.3) is 0 Å². The van der Waals surface area contributed by atoms with Crippen molar-refractivity contribution in [2.45, 2.75) is 31.6 Å². The summed E-state index contributed by atoms with van der Waals surface area (Å²) in [5.74, 6) is 0.0250. The van der Waals surface area contributed by atoms with E-state index in [4.69, 9.17) is 18.9 Å². The van der Waals surface area contributed by atoms with Gasteiger partial charge >= 0.3 is 5.97 Å². The van der Waals surface area contributed by atoms with Gasteiger partial charge in [-0.1, -0.05) is 0 Å². The van der Waals surface area contributed by atoms with Crippen LogP contribution in [0.1, 0.15) is 28.8 Å². The number of aromatic nitrogens is 1. The molecule has 1 aromatic carbocycles. The van der Waals surface area contributed by atoms with Crippen molar-refractivity contribution >= 4 is 11.8 Å². The summed E-state index contributed by atoms with van der Waals surface area (Å²) in [5.41, 5.74) is 1.59. The van der Waals surface area contributed by atoms with Gasteiger partial charge in [0.15, 0.2) is 0 Å². The Bertz CT molecular complexity index is 1040. The molecule has 8 nitrogen and oxygen atoms in total. The minimum atomic E-state index is -0.426. The number of carbonyl (C=O) groups excluding carboxylic acids is 2. The van der Waals surface area contributed by atoms with E-state index in [1.54, 1.807) is 36.7 Å². The Kier molecular flexibility index (Phi) is 6.11. The second-order valence-corrected chi connectivity index (χ2v) is 8.61. The van der Waals surface area contributed by atoms with Crippen LogP contribution in [0.5, 0.6) is 5.75 Å². The zero-order chi connectivity index (χ0) is 22.8. The fourth-order valence-electron chi connectivity index (χ4n) is 4.90. The topological polar surface area (TPSA) is 87.2 Å². The molecule has 2 aliphatic heterocycles. The molecule has 4 atom stereocenters.